The molecule has 1 aromatic rings. The fourth-order valence-electron chi connectivity index (χ4n) is 1.52. The largest absolute Gasteiger partial charge is 0.381 e. The minimum absolute atomic E-state index is 0.374. The fourth-order valence-corrected chi connectivity index (χ4v) is 1.52. The van der Waals surface area contributed by atoms with E-state index in [1.807, 2.05) is 0 Å². The number of nitrogen functional groups attached to an aromatic ring is 1. The minimum Gasteiger partial charge on any atom is -0.381 e. The van der Waals surface area contributed by atoms with E-state index in [2.05, 4.69) is 36.1 Å². The van der Waals surface area contributed by atoms with Gasteiger partial charge < -0.3 is 11.1 Å². The van der Waals surface area contributed by atoms with E-state index in [0.29, 0.717) is 23.6 Å². The molecule has 0 saturated carbocycles. The Morgan fingerprint density at radius 1 is 1.33 bits per heavy atom. The lowest BCUT2D eigenvalue weighted by Gasteiger charge is -2.18. The molecule has 0 aliphatic rings. The molecule has 3 N–H and O–H groups in total. The van der Waals surface area contributed by atoms with Gasteiger partial charge in [0.05, 0.1) is 0 Å². The number of hydrogen-bond acceptors (Lipinski definition) is 4. The predicted octanol–water partition coefficient (Wildman–Crippen LogP) is 2.30. The van der Waals surface area contributed by atoms with Gasteiger partial charge in [0, 0.05) is 18.4 Å². The first-order valence-corrected chi connectivity index (χ1v) is 5.46. The van der Waals surface area contributed by atoms with Gasteiger partial charge in [-0.15, -0.1) is 0 Å². The summed E-state index contributed by atoms with van der Waals surface area (Å²) in [6.45, 7) is 6.59. The molecule has 1 heterocycles. The van der Waals surface area contributed by atoms with Crippen LogP contribution in [-0.4, -0.2) is 16.0 Å². The lowest BCUT2D eigenvalue weighted by molar-refractivity contribution is 0.483. The summed E-state index contributed by atoms with van der Waals surface area (Å²) < 4.78 is 0. The SMILES string of the molecule is CCC(C)CC(C)Nc1nccnc1N. The summed E-state index contributed by atoms with van der Waals surface area (Å²) in [5.41, 5.74) is 5.70. The van der Waals surface area contributed by atoms with Crippen LogP contribution >= 0.6 is 0 Å². The molecule has 2 unspecified atom stereocenters. The molecule has 0 bridgehead atoms. The normalized spacial score (nSPS) is 14.6. The first-order valence-electron chi connectivity index (χ1n) is 5.46. The van der Waals surface area contributed by atoms with E-state index in [1.54, 1.807) is 12.4 Å². The van der Waals surface area contributed by atoms with Gasteiger partial charge in [-0.2, -0.15) is 0 Å². The van der Waals surface area contributed by atoms with Gasteiger partial charge in [-0.25, -0.2) is 9.97 Å². The van der Waals surface area contributed by atoms with E-state index in [0.717, 1.165) is 6.42 Å². The van der Waals surface area contributed by atoms with Crippen LogP contribution < -0.4 is 11.1 Å². The van der Waals surface area contributed by atoms with Crippen LogP contribution in [0.25, 0.3) is 0 Å². The summed E-state index contributed by atoms with van der Waals surface area (Å²) in [5.74, 6) is 1.87. The van der Waals surface area contributed by atoms with Crippen LogP contribution in [0.5, 0.6) is 0 Å². The van der Waals surface area contributed by atoms with E-state index in [9.17, 15) is 0 Å². The minimum atomic E-state index is 0.374. The molecule has 1 aromatic heterocycles. The summed E-state index contributed by atoms with van der Waals surface area (Å²) >= 11 is 0. The molecule has 4 nitrogen and oxygen atoms in total. The molecule has 0 radical (unpaired) electrons. The molecule has 0 saturated heterocycles. The molecule has 0 aromatic carbocycles. The third-order valence-electron chi connectivity index (χ3n) is 2.56. The molecule has 0 aliphatic heterocycles. The first-order chi connectivity index (χ1) is 7.13. The zero-order valence-electron chi connectivity index (χ0n) is 9.70. The second-order valence-electron chi connectivity index (χ2n) is 4.08. The number of hydrogen-bond donors (Lipinski definition) is 2. The van der Waals surface area contributed by atoms with Crippen molar-refractivity contribution in [2.24, 2.45) is 5.92 Å². The Morgan fingerprint density at radius 2 is 2.00 bits per heavy atom. The molecule has 15 heavy (non-hydrogen) atoms. The van der Waals surface area contributed by atoms with Gasteiger partial charge in [0.25, 0.3) is 0 Å². The van der Waals surface area contributed by atoms with Gasteiger partial charge in [0.2, 0.25) is 0 Å². The van der Waals surface area contributed by atoms with E-state index >= 15 is 0 Å². The van der Waals surface area contributed by atoms with Crippen molar-refractivity contribution in [2.45, 2.75) is 39.7 Å². The van der Waals surface area contributed by atoms with E-state index in [4.69, 9.17) is 5.73 Å². The van der Waals surface area contributed by atoms with Gasteiger partial charge in [0.15, 0.2) is 11.6 Å². The maximum Gasteiger partial charge on any atom is 0.169 e. The zero-order chi connectivity index (χ0) is 11.3. The highest BCUT2D eigenvalue weighted by Gasteiger charge is 2.09. The van der Waals surface area contributed by atoms with Gasteiger partial charge in [-0.3, -0.25) is 0 Å². The second-order valence-corrected chi connectivity index (χ2v) is 4.08. The highest BCUT2D eigenvalue weighted by Crippen LogP contribution is 2.16. The van der Waals surface area contributed by atoms with E-state index in [-0.39, 0.29) is 0 Å². The third kappa shape index (κ3) is 3.73. The van der Waals surface area contributed by atoms with Crippen molar-refractivity contribution in [3.8, 4) is 0 Å². The van der Waals surface area contributed by atoms with Crippen molar-refractivity contribution in [2.75, 3.05) is 11.1 Å². The molecule has 4 heteroatoms. The lowest BCUT2D eigenvalue weighted by atomic mass is 10.0. The number of nitrogens with two attached hydrogens (primary N) is 1. The Balaban J connectivity index is 2.51. The van der Waals surface area contributed by atoms with Crippen LogP contribution in [0.1, 0.15) is 33.6 Å². The molecular weight excluding hydrogens is 188 g/mol. The Morgan fingerprint density at radius 3 is 2.60 bits per heavy atom. The van der Waals surface area contributed by atoms with Gasteiger partial charge in [0.1, 0.15) is 0 Å². The number of nitrogens with one attached hydrogen (secondary N) is 1. The molecule has 1 rings (SSSR count). The molecule has 84 valence electrons. The van der Waals surface area contributed by atoms with Crippen molar-refractivity contribution in [1.29, 1.82) is 0 Å². The molecule has 0 amide bonds. The molecular formula is C11H20N4. The van der Waals surface area contributed by atoms with Crippen molar-refractivity contribution < 1.29 is 0 Å². The fraction of sp³-hybridized carbons (Fsp3) is 0.636. The van der Waals surface area contributed by atoms with Crippen LogP contribution in [0.4, 0.5) is 11.6 Å². The average molecular weight is 208 g/mol. The third-order valence-corrected chi connectivity index (χ3v) is 2.56. The summed E-state index contributed by atoms with van der Waals surface area (Å²) in [5, 5.41) is 3.28. The maximum atomic E-state index is 5.70. The van der Waals surface area contributed by atoms with Crippen LogP contribution in [0, 0.1) is 5.92 Å². The van der Waals surface area contributed by atoms with Gasteiger partial charge >= 0.3 is 0 Å². The topological polar surface area (TPSA) is 63.8 Å². The zero-order valence-corrected chi connectivity index (χ0v) is 9.70. The van der Waals surface area contributed by atoms with Gasteiger partial charge in [-0.05, 0) is 19.3 Å². The summed E-state index contributed by atoms with van der Waals surface area (Å²) in [4.78, 5) is 8.14. The number of nitrogens with zero attached hydrogens (tertiary/aromatic N) is 2. The highest BCUT2D eigenvalue weighted by atomic mass is 15.1. The number of rotatable bonds is 5. The highest BCUT2D eigenvalue weighted by molar-refractivity contribution is 5.55. The molecule has 0 fully saturated rings. The van der Waals surface area contributed by atoms with E-state index < -0.39 is 0 Å². The summed E-state index contributed by atoms with van der Waals surface area (Å²) in [6, 6.07) is 0.374. The van der Waals surface area contributed by atoms with Crippen molar-refractivity contribution in [3.05, 3.63) is 12.4 Å². The first kappa shape index (κ1) is 11.8. The molecule has 0 aliphatic carbocycles. The van der Waals surface area contributed by atoms with Crippen molar-refractivity contribution >= 4 is 11.6 Å². The Hall–Kier alpha value is -1.32. The van der Waals surface area contributed by atoms with Crippen LogP contribution in [0.15, 0.2) is 12.4 Å². The van der Waals surface area contributed by atoms with Crippen molar-refractivity contribution in [1.82, 2.24) is 9.97 Å². The number of aromatic nitrogens is 2. The lowest BCUT2D eigenvalue weighted by Crippen LogP contribution is -2.20. The predicted molar refractivity (Wildman–Crippen MR) is 63.6 cm³/mol. The standard InChI is InChI=1S/C11H20N4/c1-4-8(2)7-9(3)15-11-10(12)13-5-6-14-11/h5-6,8-9H,4,7H2,1-3H3,(H2,12,13)(H,14,15). The number of anilines is 2. The molecule has 0 spiro atoms. The summed E-state index contributed by atoms with van der Waals surface area (Å²) in [6.07, 6.45) is 5.56. The second kappa shape index (κ2) is 5.53. The monoisotopic (exact) mass is 208 g/mol. The smallest absolute Gasteiger partial charge is 0.169 e. The average Bonchev–Trinajstić information content (AvgIpc) is 2.21. The Labute approximate surface area is 91.3 Å². The quantitative estimate of drug-likeness (QED) is 0.779. The van der Waals surface area contributed by atoms with Crippen LogP contribution in [-0.2, 0) is 0 Å². The Bertz CT molecular complexity index is 300. The molecule has 2 atom stereocenters. The van der Waals surface area contributed by atoms with Gasteiger partial charge in [-0.1, -0.05) is 20.3 Å². The maximum absolute atomic E-state index is 5.70. The van der Waals surface area contributed by atoms with Crippen molar-refractivity contribution in [3.63, 3.8) is 0 Å². The summed E-state index contributed by atoms with van der Waals surface area (Å²) in [7, 11) is 0. The Kier molecular flexibility index (Phi) is 4.34. The van der Waals surface area contributed by atoms with E-state index in [1.165, 1.54) is 6.42 Å². The van der Waals surface area contributed by atoms with Crippen LogP contribution in [0.3, 0.4) is 0 Å². The van der Waals surface area contributed by atoms with Crippen LogP contribution in [0.2, 0.25) is 0 Å².